The summed E-state index contributed by atoms with van der Waals surface area (Å²) in [7, 11) is 0. The van der Waals surface area contributed by atoms with E-state index in [0.29, 0.717) is 5.92 Å². The van der Waals surface area contributed by atoms with Gasteiger partial charge in [-0.1, -0.05) is 31.9 Å². The van der Waals surface area contributed by atoms with E-state index < -0.39 is 0 Å². The second-order valence-electron chi connectivity index (χ2n) is 5.30. The van der Waals surface area contributed by atoms with Gasteiger partial charge in [0.15, 0.2) is 0 Å². The largest absolute Gasteiger partial charge is 0.267 e. The first kappa shape index (κ1) is 11.6. The van der Waals surface area contributed by atoms with Gasteiger partial charge in [-0.3, -0.25) is 4.68 Å². The predicted octanol–water partition coefficient (Wildman–Crippen LogP) is 3.92. The summed E-state index contributed by atoms with van der Waals surface area (Å²) in [5, 5.41) is 4.58. The molecule has 0 aliphatic heterocycles. The van der Waals surface area contributed by atoms with Crippen LogP contribution in [0.15, 0.2) is 6.20 Å². The van der Waals surface area contributed by atoms with Crippen molar-refractivity contribution in [3.05, 3.63) is 17.5 Å². The zero-order valence-corrected chi connectivity index (χ0v) is 12.7. The van der Waals surface area contributed by atoms with Crippen LogP contribution in [0.5, 0.6) is 0 Å². The summed E-state index contributed by atoms with van der Waals surface area (Å²) in [5.41, 5.74) is 2.58. The molecule has 4 heteroatoms. The summed E-state index contributed by atoms with van der Waals surface area (Å²) >= 11 is 7.33. The smallest absolute Gasteiger partial charge is 0.0882 e. The van der Waals surface area contributed by atoms with Gasteiger partial charge in [0.05, 0.1) is 14.5 Å². The van der Waals surface area contributed by atoms with Crippen LogP contribution in [0.25, 0.3) is 0 Å². The van der Waals surface area contributed by atoms with Crippen LogP contribution in [0.4, 0.5) is 0 Å². The molecule has 1 heterocycles. The van der Waals surface area contributed by atoms with E-state index in [1.54, 1.807) is 0 Å². The second kappa shape index (κ2) is 3.33. The van der Waals surface area contributed by atoms with E-state index in [9.17, 15) is 0 Å². The third-order valence-electron chi connectivity index (χ3n) is 2.83. The highest BCUT2D eigenvalue weighted by Crippen LogP contribution is 2.62. The van der Waals surface area contributed by atoms with Crippen LogP contribution in [0.1, 0.15) is 44.4 Å². The van der Waals surface area contributed by atoms with Crippen LogP contribution in [0.3, 0.4) is 0 Å². The molecular weight excluding hydrogens is 320 g/mol. The first-order valence-electron chi connectivity index (χ1n) is 5.16. The Morgan fingerprint density at radius 1 is 1.47 bits per heavy atom. The molecule has 1 aliphatic rings. The highest BCUT2D eigenvalue weighted by atomic mass is 79.9. The van der Waals surface area contributed by atoms with Crippen molar-refractivity contribution < 1.29 is 0 Å². The van der Waals surface area contributed by atoms with Crippen LogP contribution in [-0.2, 0) is 5.54 Å². The average Bonchev–Trinajstić information content (AvgIpc) is 2.52. The Morgan fingerprint density at radius 2 is 2.00 bits per heavy atom. The monoisotopic (exact) mass is 334 g/mol. The molecule has 1 aliphatic carbocycles. The Hall–Kier alpha value is 0.170. The quantitative estimate of drug-likeness (QED) is 0.711. The summed E-state index contributed by atoms with van der Waals surface area (Å²) in [6.07, 6.45) is 3.33. The van der Waals surface area contributed by atoms with Gasteiger partial charge in [-0.25, -0.2) is 0 Å². The topological polar surface area (TPSA) is 17.8 Å². The molecule has 1 aromatic heterocycles. The predicted molar refractivity (Wildman–Crippen MR) is 69.9 cm³/mol. The molecule has 1 atom stereocenters. The van der Waals surface area contributed by atoms with Gasteiger partial charge in [0.2, 0.25) is 0 Å². The maximum absolute atomic E-state index is 4.58. The van der Waals surface area contributed by atoms with Crippen LogP contribution >= 0.6 is 31.9 Å². The molecule has 0 radical (unpaired) electrons. The van der Waals surface area contributed by atoms with Crippen molar-refractivity contribution in [2.24, 2.45) is 0 Å². The van der Waals surface area contributed by atoms with Gasteiger partial charge in [0.1, 0.15) is 0 Å². The van der Waals surface area contributed by atoms with Crippen molar-refractivity contribution in [2.75, 3.05) is 0 Å². The molecule has 1 unspecified atom stereocenters. The zero-order valence-electron chi connectivity index (χ0n) is 9.51. The minimum atomic E-state index is 0.0686. The van der Waals surface area contributed by atoms with Crippen molar-refractivity contribution in [3.8, 4) is 0 Å². The fourth-order valence-corrected chi connectivity index (χ4v) is 2.85. The zero-order chi connectivity index (χ0) is 11.4. The Kier molecular flexibility index (Phi) is 2.59. The molecule has 1 fully saturated rings. The van der Waals surface area contributed by atoms with Crippen molar-refractivity contribution >= 4 is 31.9 Å². The Balaban J connectivity index is 2.32. The lowest BCUT2D eigenvalue weighted by Crippen LogP contribution is -2.22. The third kappa shape index (κ3) is 2.16. The third-order valence-corrected chi connectivity index (χ3v) is 4.58. The molecule has 0 N–H and O–H groups in total. The molecule has 0 bridgehead atoms. The summed E-state index contributed by atoms with van der Waals surface area (Å²) in [4.78, 5) is 0. The van der Waals surface area contributed by atoms with E-state index in [-0.39, 0.29) is 8.77 Å². The molecule has 15 heavy (non-hydrogen) atoms. The number of alkyl halides is 2. The first-order chi connectivity index (χ1) is 6.72. The second-order valence-corrected chi connectivity index (χ2v) is 9.20. The fraction of sp³-hybridized carbons (Fsp3) is 0.727. The van der Waals surface area contributed by atoms with Gasteiger partial charge in [-0.2, -0.15) is 5.10 Å². The first-order valence-corrected chi connectivity index (χ1v) is 6.75. The number of aromatic nitrogens is 2. The van der Waals surface area contributed by atoms with E-state index in [2.05, 4.69) is 75.5 Å². The van der Waals surface area contributed by atoms with Crippen LogP contribution in [0.2, 0.25) is 0 Å². The van der Waals surface area contributed by atoms with Gasteiger partial charge in [-0.15, -0.1) is 0 Å². The fourth-order valence-electron chi connectivity index (χ4n) is 1.71. The highest BCUT2D eigenvalue weighted by Gasteiger charge is 2.52. The number of halogens is 2. The minimum Gasteiger partial charge on any atom is -0.267 e. The average molecular weight is 336 g/mol. The van der Waals surface area contributed by atoms with Gasteiger partial charge >= 0.3 is 0 Å². The van der Waals surface area contributed by atoms with Crippen molar-refractivity contribution in [1.29, 1.82) is 0 Å². The van der Waals surface area contributed by atoms with E-state index in [1.165, 1.54) is 5.56 Å². The van der Waals surface area contributed by atoms with Crippen LogP contribution in [0, 0.1) is 6.92 Å². The normalized spacial score (nSPS) is 24.3. The van der Waals surface area contributed by atoms with E-state index in [4.69, 9.17) is 0 Å². The van der Waals surface area contributed by atoms with Crippen LogP contribution in [-0.4, -0.2) is 13.0 Å². The number of hydrogen-bond acceptors (Lipinski definition) is 1. The SMILES string of the molecule is Cc1nn(C(C)(C)C)cc1C1CC1(Br)Br. The van der Waals surface area contributed by atoms with Crippen LogP contribution < -0.4 is 0 Å². The Morgan fingerprint density at radius 3 is 2.33 bits per heavy atom. The molecule has 0 saturated heterocycles. The van der Waals surface area contributed by atoms with E-state index >= 15 is 0 Å². The molecule has 0 aromatic carbocycles. The van der Waals surface area contributed by atoms with Crippen molar-refractivity contribution in [3.63, 3.8) is 0 Å². The summed E-state index contributed by atoms with van der Waals surface area (Å²) in [5.74, 6) is 0.564. The Bertz CT molecular complexity index is 388. The summed E-state index contributed by atoms with van der Waals surface area (Å²) in [6.45, 7) is 8.61. The van der Waals surface area contributed by atoms with Gasteiger partial charge in [0.25, 0.3) is 0 Å². The lowest BCUT2D eigenvalue weighted by Gasteiger charge is -2.18. The maximum atomic E-state index is 4.58. The minimum absolute atomic E-state index is 0.0686. The number of rotatable bonds is 1. The van der Waals surface area contributed by atoms with Gasteiger partial charge in [0, 0.05) is 12.1 Å². The van der Waals surface area contributed by atoms with Crippen molar-refractivity contribution in [1.82, 2.24) is 9.78 Å². The molecule has 0 spiro atoms. The standard InChI is InChI=1S/C11H16Br2N2/c1-7-8(9-5-11(9,12)13)6-15(14-7)10(2,3)4/h6,9H,5H2,1-4H3. The van der Waals surface area contributed by atoms with Gasteiger partial charge in [-0.05, 0) is 39.7 Å². The molecule has 1 aromatic rings. The molecule has 84 valence electrons. The summed E-state index contributed by atoms with van der Waals surface area (Å²) < 4.78 is 2.18. The van der Waals surface area contributed by atoms with E-state index in [1.807, 2.05) is 0 Å². The highest BCUT2D eigenvalue weighted by molar-refractivity contribution is 9.25. The molecule has 1 saturated carbocycles. The number of hydrogen-bond donors (Lipinski definition) is 0. The molecule has 2 rings (SSSR count). The van der Waals surface area contributed by atoms with Crippen molar-refractivity contribution in [2.45, 2.75) is 48.8 Å². The lowest BCUT2D eigenvalue weighted by molar-refractivity contribution is 0.354. The molecule has 0 amide bonds. The summed E-state index contributed by atoms with van der Waals surface area (Å²) in [6, 6.07) is 0. The number of nitrogens with zero attached hydrogens (tertiary/aromatic N) is 2. The molecule has 2 nitrogen and oxygen atoms in total. The number of aryl methyl sites for hydroxylation is 1. The maximum Gasteiger partial charge on any atom is 0.0882 e. The molecular formula is C11H16Br2N2. The van der Waals surface area contributed by atoms with E-state index in [0.717, 1.165) is 12.1 Å². The lowest BCUT2D eigenvalue weighted by atomic mass is 10.1. The Labute approximate surface area is 108 Å². The van der Waals surface area contributed by atoms with Gasteiger partial charge < -0.3 is 0 Å².